The quantitative estimate of drug-likeness (QED) is 0.439. The second-order valence-corrected chi connectivity index (χ2v) is 7.78. The Kier molecular flexibility index (Phi) is 7.48. The van der Waals surface area contributed by atoms with Gasteiger partial charge >= 0.3 is 0 Å². The fourth-order valence-corrected chi connectivity index (χ4v) is 3.68. The van der Waals surface area contributed by atoms with Crippen molar-refractivity contribution < 1.29 is 9.47 Å². The number of hydrogen-bond acceptors (Lipinski definition) is 6. The van der Waals surface area contributed by atoms with Crippen LogP contribution in [0, 0.1) is 18.3 Å². The number of nitriles is 1. The lowest BCUT2D eigenvalue weighted by Crippen LogP contribution is -2.01. The van der Waals surface area contributed by atoms with Crippen LogP contribution in [0.25, 0.3) is 11.3 Å². The van der Waals surface area contributed by atoms with Gasteiger partial charge in [0.15, 0.2) is 0 Å². The molecular formula is C23H25N3O2S. The number of thiazole rings is 1. The lowest BCUT2D eigenvalue weighted by atomic mass is 10.1. The fraction of sp³-hybridized carbons (Fsp3) is 0.304. The van der Waals surface area contributed by atoms with Crippen LogP contribution in [0.5, 0.6) is 11.5 Å². The highest BCUT2D eigenvalue weighted by Crippen LogP contribution is 2.33. The summed E-state index contributed by atoms with van der Waals surface area (Å²) in [7, 11) is 1.92. The van der Waals surface area contributed by atoms with Crippen LogP contribution in [0.1, 0.15) is 29.8 Å². The molecule has 29 heavy (non-hydrogen) atoms. The molecule has 0 aliphatic heterocycles. The number of hydrogen-bond donors (Lipinski definition) is 1. The normalized spacial score (nSPS) is 10.4. The number of nitrogens with one attached hydrogen (secondary N) is 1. The summed E-state index contributed by atoms with van der Waals surface area (Å²) in [5, 5.41) is 14.1. The Morgan fingerprint density at radius 2 is 1.52 bits per heavy atom. The Labute approximate surface area is 175 Å². The Morgan fingerprint density at radius 1 is 0.931 bits per heavy atom. The van der Waals surface area contributed by atoms with Gasteiger partial charge in [-0.1, -0.05) is 0 Å². The minimum Gasteiger partial charge on any atom is -0.494 e. The van der Waals surface area contributed by atoms with E-state index in [1.165, 1.54) is 0 Å². The highest BCUT2D eigenvalue weighted by Gasteiger charge is 2.10. The Hall–Kier alpha value is -3.04. The van der Waals surface area contributed by atoms with Gasteiger partial charge in [0.05, 0.1) is 29.9 Å². The van der Waals surface area contributed by atoms with Crippen molar-refractivity contribution in [2.45, 2.75) is 26.2 Å². The first kappa shape index (κ1) is 20.7. The van der Waals surface area contributed by atoms with Gasteiger partial charge in [0, 0.05) is 12.6 Å². The predicted molar refractivity (Wildman–Crippen MR) is 118 cm³/mol. The molecule has 0 aliphatic carbocycles. The van der Waals surface area contributed by atoms with E-state index in [2.05, 4.69) is 28.5 Å². The lowest BCUT2D eigenvalue weighted by Gasteiger charge is -2.08. The number of aromatic nitrogens is 1. The van der Waals surface area contributed by atoms with Crippen molar-refractivity contribution >= 4 is 16.3 Å². The summed E-state index contributed by atoms with van der Waals surface area (Å²) in [5.41, 5.74) is 2.72. The third kappa shape index (κ3) is 5.97. The molecule has 5 nitrogen and oxygen atoms in total. The summed E-state index contributed by atoms with van der Waals surface area (Å²) in [4.78, 5) is 4.60. The molecule has 0 spiro atoms. The summed E-state index contributed by atoms with van der Waals surface area (Å²) < 4.78 is 11.5. The molecule has 1 N–H and O–H groups in total. The average Bonchev–Trinajstić information content (AvgIpc) is 3.14. The number of nitrogens with zero attached hydrogens (tertiary/aromatic N) is 2. The number of benzene rings is 2. The fourth-order valence-electron chi connectivity index (χ4n) is 2.89. The summed E-state index contributed by atoms with van der Waals surface area (Å²) in [5.74, 6) is 1.68. The summed E-state index contributed by atoms with van der Waals surface area (Å²) in [6.45, 7) is 3.37. The molecule has 0 unspecified atom stereocenters. The van der Waals surface area contributed by atoms with Gasteiger partial charge in [-0.15, -0.1) is 11.3 Å². The monoisotopic (exact) mass is 407 g/mol. The summed E-state index contributed by atoms with van der Waals surface area (Å²) in [6, 6.07) is 17.4. The number of unbranched alkanes of at least 4 members (excludes halogenated alkanes) is 2. The minimum absolute atomic E-state index is 0.645. The van der Waals surface area contributed by atoms with Gasteiger partial charge in [0.1, 0.15) is 22.2 Å². The first-order valence-electron chi connectivity index (χ1n) is 9.71. The minimum atomic E-state index is 0.645. The first-order valence-corrected chi connectivity index (χ1v) is 10.5. The number of rotatable bonds is 10. The topological polar surface area (TPSA) is 67.2 Å². The standard InChI is InChI=1S/C23H25N3O2S/c1-17-26-22(23(25-2)29-17)19-8-12-21(13-9-19)28-15-5-3-4-14-27-20-10-6-18(16-24)7-11-20/h6-13,25H,3-5,14-15H2,1-2H3. The Balaban J connectivity index is 1.35. The zero-order chi connectivity index (χ0) is 20.5. The molecule has 1 aromatic heterocycles. The van der Waals surface area contributed by atoms with Crippen molar-refractivity contribution in [2.75, 3.05) is 25.6 Å². The molecule has 0 saturated heterocycles. The Morgan fingerprint density at radius 3 is 2.07 bits per heavy atom. The van der Waals surface area contributed by atoms with Crippen LogP contribution < -0.4 is 14.8 Å². The van der Waals surface area contributed by atoms with E-state index in [1.54, 1.807) is 23.5 Å². The van der Waals surface area contributed by atoms with Crippen molar-refractivity contribution in [3.63, 3.8) is 0 Å². The van der Waals surface area contributed by atoms with E-state index >= 15 is 0 Å². The van der Waals surface area contributed by atoms with Crippen molar-refractivity contribution in [2.24, 2.45) is 0 Å². The van der Waals surface area contributed by atoms with Crippen LogP contribution in [-0.2, 0) is 0 Å². The molecule has 1 heterocycles. The van der Waals surface area contributed by atoms with Crippen molar-refractivity contribution in [3.8, 4) is 28.8 Å². The van der Waals surface area contributed by atoms with Crippen LogP contribution in [0.4, 0.5) is 5.00 Å². The van der Waals surface area contributed by atoms with Crippen LogP contribution in [-0.4, -0.2) is 25.2 Å². The van der Waals surface area contributed by atoms with Gasteiger partial charge in [-0.2, -0.15) is 5.26 Å². The third-order valence-corrected chi connectivity index (χ3v) is 5.39. The first-order chi connectivity index (χ1) is 14.2. The van der Waals surface area contributed by atoms with Crippen LogP contribution in [0.3, 0.4) is 0 Å². The maximum atomic E-state index is 8.79. The molecule has 0 aliphatic rings. The van der Waals surface area contributed by atoms with E-state index in [9.17, 15) is 0 Å². The number of ether oxygens (including phenoxy) is 2. The van der Waals surface area contributed by atoms with E-state index in [4.69, 9.17) is 14.7 Å². The average molecular weight is 408 g/mol. The second-order valence-electron chi connectivity index (χ2n) is 6.58. The van der Waals surface area contributed by atoms with E-state index in [0.29, 0.717) is 18.8 Å². The molecule has 0 saturated carbocycles. The van der Waals surface area contributed by atoms with E-state index in [0.717, 1.165) is 52.0 Å². The van der Waals surface area contributed by atoms with Crippen molar-refractivity contribution in [3.05, 3.63) is 59.1 Å². The van der Waals surface area contributed by atoms with Crippen LogP contribution in [0.2, 0.25) is 0 Å². The molecule has 0 fully saturated rings. The molecule has 0 atom stereocenters. The molecule has 0 bridgehead atoms. The van der Waals surface area contributed by atoms with E-state index < -0.39 is 0 Å². The van der Waals surface area contributed by atoms with Crippen LogP contribution >= 0.6 is 11.3 Å². The summed E-state index contributed by atoms with van der Waals surface area (Å²) in [6.07, 6.45) is 2.99. The highest BCUT2D eigenvalue weighted by molar-refractivity contribution is 7.16. The second kappa shape index (κ2) is 10.5. The van der Waals surface area contributed by atoms with Gasteiger partial charge in [-0.05, 0) is 74.7 Å². The van der Waals surface area contributed by atoms with E-state index in [1.807, 2.05) is 38.2 Å². The zero-order valence-electron chi connectivity index (χ0n) is 16.8. The van der Waals surface area contributed by atoms with Gasteiger partial charge in [-0.25, -0.2) is 4.98 Å². The van der Waals surface area contributed by atoms with Gasteiger partial charge in [-0.3, -0.25) is 0 Å². The molecule has 150 valence electrons. The third-order valence-electron chi connectivity index (χ3n) is 4.40. The van der Waals surface area contributed by atoms with Gasteiger partial charge in [0.25, 0.3) is 0 Å². The predicted octanol–water partition coefficient (Wildman–Crippen LogP) is 5.66. The van der Waals surface area contributed by atoms with Crippen LogP contribution in [0.15, 0.2) is 48.5 Å². The molecule has 0 amide bonds. The molecular weight excluding hydrogens is 382 g/mol. The summed E-state index contributed by atoms with van der Waals surface area (Å²) >= 11 is 1.66. The molecule has 6 heteroatoms. The maximum absolute atomic E-state index is 8.79. The lowest BCUT2D eigenvalue weighted by molar-refractivity contribution is 0.279. The highest BCUT2D eigenvalue weighted by atomic mass is 32.1. The molecule has 2 aromatic carbocycles. The van der Waals surface area contributed by atoms with Gasteiger partial charge < -0.3 is 14.8 Å². The molecule has 0 radical (unpaired) electrons. The van der Waals surface area contributed by atoms with Gasteiger partial charge in [0.2, 0.25) is 0 Å². The van der Waals surface area contributed by atoms with E-state index in [-0.39, 0.29) is 0 Å². The SMILES string of the molecule is CNc1sc(C)nc1-c1ccc(OCCCCCOc2ccc(C#N)cc2)cc1. The molecule has 3 aromatic rings. The van der Waals surface area contributed by atoms with Crippen molar-refractivity contribution in [1.82, 2.24) is 4.98 Å². The smallest absolute Gasteiger partial charge is 0.119 e. The Bertz CT molecular complexity index is 944. The maximum Gasteiger partial charge on any atom is 0.119 e. The number of anilines is 1. The number of aryl methyl sites for hydroxylation is 1. The van der Waals surface area contributed by atoms with Crippen molar-refractivity contribution in [1.29, 1.82) is 5.26 Å². The largest absolute Gasteiger partial charge is 0.494 e. The zero-order valence-corrected chi connectivity index (χ0v) is 17.6. The molecule has 3 rings (SSSR count).